The van der Waals surface area contributed by atoms with Crippen LogP contribution in [0, 0.1) is 5.92 Å². The second-order valence-corrected chi connectivity index (χ2v) is 11.5. The van der Waals surface area contributed by atoms with E-state index in [1.807, 2.05) is 17.0 Å². The van der Waals surface area contributed by atoms with Gasteiger partial charge in [-0.15, -0.1) is 0 Å². The van der Waals surface area contributed by atoms with Crippen LogP contribution in [0.5, 0.6) is 5.75 Å². The van der Waals surface area contributed by atoms with E-state index in [1.165, 1.54) is 0 Å². The number of Topliss-reactive ketones (excluding diaryl/α,β-unsaturated/α-hetero) is 1. The smallest absolute Gasteiger partial charge is 0.243 e. The predicted molar refractivity (Wildman–Crippen MR) is 153 cm³/mol. The van der Waals surface area contributed by atoms with Crippen LogP contribution in [0.4, 0.5) is 0 Å². The van der Waals surface area contributed by atoms with Crippen molar-refractivity contribution in [1.29, 1.82) is 0 Å². The number of rotatable bonds is 14. The zero-order valence-corrected chi connectivity index (χ0v) is 24.5. The zero-order valence-electron chi connectivity index (χ0n) is 24.5. The van der Waals surface area contributed by atoms with Gasteiger partial charge in [0, 0.05) is 19.5 Å². The number of hydrogen-bond donors (Lipinski definition) is 4. The number of aliphatic hydroxyl groups is 1. The van der Waals surface area contributed by atoms with Crippen molar-refractivity contribution in [2.24, 2.45) is 5.92 Å². The number of carbonyl (C=O) groups is 4. The first-order valence-electron chi connectivity index (χ1n) is 14.9. The molecule has 4 rings (SSSR count). The van der Waals surface area contributed by atoms with Gasteiger partial charge >= 0.3 is 0 Å². The Kier molecular flexibility index (Phi) is 11.7. The molecule has 232 valence electrons. The molecule has 0 radical (unpaired) electrons. The molecule has 1 aromatic rings. The van der Waals surface area contributed by atoms with Crippen molar-refractivity contribution in [2.75, 3.05) is 46.6 Å². The molecule has 3 aliphatic rings. The molecule has 3 amide bonds. The molecule has 42 heavy (non-hydrogen) atoms. The summed E-state index contributed by atoms with van der Waals surface area (Å²) in [6.07, 6.45) is 2.68. The van der Waals surface area contributed by atoms with Crippen molar-refractivity contribution >= 4 is 23.5 Å². The van der Waals surface area contributed by atoms with Gasteiger partial charge in [-0.25, -0.2) is 0 Å². The average Bonchev–Trinajstić information content (AvgIpc) is 3.84. The molecule has 2 heterocycles. The molecule has 1 aliphatic carbocycles. The quantitative estimate of drug-likeness (QED) is 0.219. The van der Waals surface area contributed by atoms with E-state index in [0.717, 1.165) is 18.4 Å². The van der Waals surface area contributed by atoms with Gasteiger partial charge in [0.05, 0.1) is 45.6 Å². The minimum absolute atomic E-state index is 0.155. The van der Waals surface area contributed by atoms with Gasteiger partial charge in [0.1, 0.15) is 23.9 Å². The third kappa shape index (κ3) is 9.75. The number of epoxide rings is 1. The highest BCUT2D eigenvalue weighted by Crippen LogP contribution is 2.29. The molecule has 4 N–H and O–H groups in total. The van der Waals surface area contributed by atoms with Crippen LogP contribution in [0.1, 0.15) is 44.6 Å². The van der Waals surface area contributed by atoms with Crippen LogP contribution >= 0.6 is 0 Å². The standard InChI is InChI=1S/C30H44N4O8/c1-19(31-27(36)17-34-11-13-41-14-12-34)29(38)33-25(16-21-5-9-23(40-2)10-6-21)30(39)32-24(28(37)26-18-42-26)15-20-3-7-22(35)8-4-20/h5-6,9-10,19-20,22,24-26,35H,3-4,7-8,11-18H2,1-2H3,(H,31,36)(H,32,39)(H,33,38)/t19-,20-,22-,24-,25-,26+/m0/s1. The van der Waals surface area contributed by atoms with E-state index in [-0.39, 0.29) is 36.7 Å². The topological polar surface area (TPSA) is 159 Å². The third-order valence-electron chi connectivity index (χ3n) is 8.17. The number of aliphatic hydroxyl groups excluding tert-OH is 1. The normalized spacial score (nSPS) is 24.5. The summed E-state index contributed by atoms with van der Waals surface area (Å²) in [5, 5.41) is 18.3. The SMILES string of the molecule is COc1ccc(C[C@H](NC(=O)[C@H](C)NC(=O)CN2CCOCC2)C(=O)N[C@@H](C[C@H]2CC[C@H](O)CC2)C(=O)[C@H]2CO2)cc1. The Morgan fingerprint density at radius 3 is 2.24 bits per heavy atom. The highest BCUT2D eigenvalue weighted by Gasteiger charge is 2.39. The third-order valence-corrected chi connectivity index (χ3v) is 8.17. The first-order valence-corrected chi connectivity index (χ1v) is 14.9. The first kappa shape index (κ1) is 31.9. The number of methoxy groups -OCH3 is 1. The van der Waals surface area contributed by atoms with Gasteiger partial charge in [-0.3, -0.25) is 24.1 Å². The van der Waals surface area contributed by atoms with Gasteiger partial charge in [0.2, 0.25) is 17.7 Å². The molecule has 0 aromatic heterocycles. The van der Waals surface area contributed by atoms with Crippen molar-refractivity contribution in [3.63, 3.8) is 0 Å². The van der Waals surface area contributed by atoms with E-state index in [1.54, 1.807) is 26.2 Å². The molecule has 1 saturated carbocycles. The van der Waals surface area contributed by atoms with Crippen molar-refractivity contribution in [3.05, 3.63) is 29.8 Å². The Morgan fingerprint density at radius 1 is 0.976 bits per heavy atom. The molecule has 0 spiro atoms. The van der Waals surface area contributed by atoms with Crippen molar-refractivity contribution in [3.8, 4) is 5.75 Å². The van der Waals surface area contributed by atoms with E-state index in [0.29, 0.717) is 57.9 Å². The van der Waals surface area contributed by atoms with Crippen LogP contribution in [-0.4, -0.2) is 110 Å². The summed E-state index contributed by atoms with van der Waals surface area (Å²) in [6, 6.07) is 4.54. The maximum absolute atomic E-state index is 13.7. The fourth-order valence-corrected chi connectivity index (χ4v) is 5.49. The van der Waals surface area contributed by atoms with Crippen LogP contribution in [0.25, 0.3) is 0 Å². The number of morpholine rings is 1. The Labute approximate surface area is 246 Å². The van der Waals surface area contributed by atoms with E-state index < -0.39 is 36.0 Å². The largest absolute Gasteiger partial charge is 0.497 e. The maximum Gasteiger partial charge on any atom is 0.243 e. The van der Waals surface area contributed by atoms with Crippen LogP contribution in [0.3, 0.4) is 0 Å². The van der Waals surface area contributed by atoms with Gasteiger partial charge in [0.25, 0.3) is 0 Å². The fraction of sp³-hybridized carbons (Fsp3) is 0.667. The fourth-order valence-electron chi connectivity index (χ4n) is 5.49. The van der Waals surface area contributed by atoms with Gasteiger partial charge in [-0.2, -0.15) is 0 Å². The highest BCUT2D eigenvalue weighted by molar-refractivity contribution is 5.96. The summed E-state index contributed by atoms with van der Waals surface area (Å²) in [5.74, 6) is -0.600. The molecule has 12 nitrogen and oxygen atoms in total. The Balaban J connectivity index is 1.42. The number of nitrogens with one attached hydrogen (secondary N) is 3. The molecule has 0 unspecified atom stereocenters. The summed E-state index contributed by atoms with van der Waals surface area (Å²) in [7, 11) is 1.56. The van der Waals surface area contributed by atoms with Gasteiger partial charge in [-0.1, -0.05) is 12.1 Å². The van der Waals surface area contributed by atoms with Gasteiger partial charge in [0.15, 0.2) is 5.78 Å². The molecule has 1 aromatic carbocycles. The predicted octanol–water partition coefficient (Wildman–Crippen LogP) is -0.0467. The Bertz CT molecular complexity index is 1070. The van der Waals surface area contributed by atoms with E-state index in [4.69, 9.17) is 14.2 Å². The molecule has 4 atom stereocenters. The second-order valence-electron chi connectivity index (χ2n) is 11.5. The van der Waals surface area contributed by atoms with Crippen molar-refractivity contribution in [1.82, 2.24) is 20.9 Å². The summed E-state index contributed by atoms with van der Waals surface area (Å²) in [4.78, 5) is 54.5. The van der Waals surface area contributed by atoms with Crippen LogP contribution in [-0.2, 0) is 35.1 Å². The molecule has 12 heteroatoms. The molecule has 2 aliphatic heterocycles. The highest BCUT2D eigenvalue weighted by atomic mass is 16.6. The maximum atomic E-state index is 13.7. The summed E-state index contributed by atoms with van der Waals surface area (Å²) >= 11 is 0. The Morgan fingerprint density at radius 2 is 1.62 bits per heavy atom. The first-order chi connectivity index (χ1) is 20.2. The summed E-state index contributed by atoms with van der Waals surface area (Å²) < 4.78 is 15.8. The van der Waals surface area contributed by atoms with Crippen molar-refractivity contribution < 1.29 is 38.5 Å². The Hall–Kier alpha value is -3.06. The number of ketones is 1. The molecular formula is C30H44N4O8. The van der Waals surface area contributed by atoms with Gasteiger partial charge < -0.3 is 35.3 Å². The van der Waals surface area contributed by atoms with E-state index in [2.05, 4.69) is 16.0 Å². The lowest BCUT2D eigenvalue weighted by Crippen LogP contribution is -2.57. The lowest BCUT2D eigenvalue weighted by atomic mass is 9.82. The van der Waals surface area contributed by atoms with Crippen LogP contribution in [0.15, 0.2) is 24.3 Å². The van der Waals surface area contributed by atoms with Crippen molar-refractivity contribution in [2.45, 2.75) is 75.8 Å². The van der Waals surface area contributed by atoms with Gasteiger partial charge in [-0.05, 0) is 62.6 Å². The number of amides is 3. The molecule has 2 saturated heterocycles. The van der Waals surface area contributed by atoms with Crippen LogP contribution < -0.4 is 20.7 Å². The molecule has 0 bridgehead atoms. The number of benzene rings is 1. The van der Waals surface area contributed by atoms with E-state index in [9.17, 15) is 24.3 Å². The molecular weight excluding hydrogens is 544 g/mol. The lowest BCUT2D eigenvalue weighted by molar-refractivity contribution is -0.133. The number of nitrogens with zero attached hydrogens (tertiary/aromatic N) is 1. The van der Waals surface area contributed by atoms with E-state index >= 15 is 0 Å². The minimum Gasteiger partial charge on any atom is -0.497 e. The monoisotopic (exact) mass is 588 g/mol. The lowest BCUT2D eigenvalue weighted by Gasteiger charge is -2.30. The minimum atomic E-state index is -0.993. The number of ether oxygens (including phenoxy) is 3. The second kappa shape index (κ2) is 15.4. The summed E-state index contributed by atoms with van der Waals surface area (Å²) in [6.45, 7) is 4.47. The zero-order chi connectivity index (χ0) is 30.1. The summed E-state index contributed by atoms with van der Waals surface area (Å²) in [5.41, 5.74) is 0.787. The molecule has 3 fully saturated rings. The van der Waals surface area contributed by atoms with Crippen LogP contribution in [0.2, 0.25) is 0 Å². The number of hydrogen-bond acceptors (Lipinski definition) is 9. The number of carbonyl (C=O) groups excluding carboxylic acids is 4. The average molecular weight is 589 g/mol.